The van der Waals surface area contributed by atoms with E-state index in [1.54, 1.807) is 11.5 Å². The van der Waals surface area contributed by atoms with Crippen LogP contribution in [0, 0.1) is 15.9 Å². The smallest absolute Gasteiger partial charge is 0.269 e. The van der Waals surface area contributed by atoms with Crippen molar-refractivity contribution in [3.8, 4) is 0 Å². The lowest BCUT2D eigenvalue weighted by Crippen LogP contribution is -2.31. The fraction of sp³-hybridized carbons (Fsp3) is 0.0833. The lowest BCUT2D eigenvalue weighted by Gasteiger charge is -2.31. The zero-order chi connectivity index (χ0) is 24.0. The largest absolute Gasteiger partial charge is 0.329 e. The van der Waals surface area contributed by atoms with Crippen LogP contribution in [0.15, 0.2) is 78.0 Å². The van der Waals surface area contributed by atoms with Crippen molar-refractivity contribution in [2.75, 3.05) is 10.6 Å². The quantitative estimate of drug-likeness (QED) is 0.291. The van der Waals surface area contributed by atoms with E-state index < -0.39 is 22.7 Å². The lowest BCUT2D eigenvalue weighted by molar-refractivity contribution is -0.384. The van der Waals surface area contributed by atoms with Crippen LogP contribution in [0.25, 0.3) is 11.0 Å². The molecule has 1 aromatic heterocycles. The number of para-hydroxylation sites is 2. The van der Waals surface area contributed by atoms with E-state index in [1.807, 2.05) is 24.3 Å². The summed E-state index contributed by atoms with van der Waals surface area (Å²) in [7, 11) is 0. The Morgan fingerprint density at radius 3 is 2.65 bits per heavy atom. The highest BCUT2D eigenvalue weighted by Gasteiger charge is 2.36. The molecule has 0 radical (unpaired) electrons. The second-order valence-electron chi connectivity index (χ2n) is 7.78. The van der Waals surface area contributed by atoms with E-state index in [4.69, 9.17) is 11.6 Å². The topological polar surface area (TPSA) is 102 Å². The number of fused-ring (bicyclic) bond motifs is 3. The molecule has 170 valence electrons. The van der Waals surface area contributed by atoms with Crippen LogP contribution < -0.4 is 10.6 Å². The van der Waals surface area contributed by atoms with Crippen LogP contribution in [0.1, 0.15) is 18.5 Å². The summed E-state index contributed by atoms with van der Waals surface area (Å²) in [6.07, 6.45) is 0. The van der Waals surface area contributed by atoms with Gasteiger partial charge in [0, 0.05) is 34.1 Å². The Hall–Kier alpha value is -4.24. The number of allylic oxidation sites excluding steroid dienone is 1. The molecule has 2 N–H and O–H groups in total. The number of hydrogen-bond donors (Lipinski definition) is 2. The maximum absolute atomic E-state index is 13.5. The zero-order valence-corrected chi connectivity index (χ0v) is 18.5. The molecule has 5 rings (SSSR count). The monoisotopic (exact) mass is 477 g/mol. The molecule has 0 bridgehead atoms. The molecule has 1 atom stereocenters. The van der Waals surface area contributed by atoms with Crippen LogP contribution in [-0.2, 0) is 4.79 Å². The van der Waals surface area contributed by atoms with Crippen LogP contribution >= 0.6 is 11.6 Å². The normalized spacial score (nSPS) is 15.1. The van der Waals surface area contributed by atoms with Gasteiger partial charge in [-0.25, -0.2) is 9.37 Å². The third-order valence-electron chi connectivity index (χ3n) is 5.66. The zero-order valence-electron chi connectivity index (χ0n) is 17.8. The minimum atomic E-state index is -0.809. The molecule has 8 nitrogen and oxygen atoms in total. The van der Waals surface area contributed by atoms with Crippen LogP contribution in [0.5, 0.6) is 0 Å². The van der Waals surface area contributed by atoms with Gasteiger partial charge in [-0.15, -0.1) is 0 Å². The van der Waals surface area contributed by atoms with Crippen molar-refractivity contribution in [2.45, 2.75) is 13.0 Å². The second-order valence-corrected chi connectivity index (χ2v) is 8.19. The highest BCUT2D eigenvalue weighted by atomic mass is 35.5. The fourth-order valence-electron chi connectivity index (χ4n) is 4.14. The van der Waals surface area contributed by atoms with Crippen molar-refractivity contribution in [1.82, 2.24) is 9.55 Å². The molecule has 0 saturated heterocycles. The van der Waals surface area contributed by atoms with Gasteiger partial charge in [0.1, 0.15) is 5.82 Å². The highest BCUT2D eigenvalue weighted by Crippen LogP contribution is 2.42. The molecule has 1 amide bonds. The minimum absolute atomic E-state index is 0.153. The second kappa shape index (κ2) is 8.27. The van der Waals surface area contributed by atoms with Gasteiger partial charge in [-0.2, -0.15) is 0 Å². The summed E-state index contributed by atoms with van der Waals surface area (Å²) in [6.45, 7) is 1.72. The molecular formula is C24H17ClFN5O3. The molecule has 0 aliphatic carbocycles. The van der Waals surface area contributed by atoms with Gasteiger partial charge in [-0.3, -0.25) is 19.5 Å². The Kier molecular flexibility index (Phi) is 5.25. The van der Waals surface area contributed by atoms with Gasteiger partial charge in [0.25, 0.3) is 11.6 Å². The number of aromatic nitrogens is 2. The summed E-state index contributed by atoms with van der Waals surface area (Å²) in [5.74, 6) is -0.416. The first-order valence-corrected chi connectivity index (χ1v) is 10.7. The molecule has 0 saturated carbocycles. The van der Waals surface area contributed by atoms with E-state index in [0.717, 1.165) is 5.52 Å². The number of non-ortho nitro benzene ring substituents is 1. The van der Waals surface area contributed by atoms with Crippen molar-refractivity contribution >= 4 is 45.9 Å². The van der Waals surface area contributed by atoms with E-state index in [9.17, 15) is 19.3 Å². The molecule has 2 heterocycles. The molecular weight excluding hydrogens is 461 g/mol. The van der Waals surface area contributed by atoms with E-state index in [0.29, 0.717) is 34.0 Å². The summed E-state index contributed by atoms with van der Waals surface area (Å²) < 4.78 is 15.1. The third kappa shape index (κ3) is 3.65. The van der Waals surface area contributed by atoms with E-state index in [1.165, 1.54) is 42.5 Å². The minimum Gasteiger partial charge on any atom is -0.329 e. The standard InChI is InChI=1S/C24H17ClFN5O3/c1-13-21(23(32)28-15-8-6-14(26)7-9-15)22(17-12-16(31(33)34)10-11-18(17)25)30-20-5-3-2-4-19(20)29-24(30)27-13/h2-12,22H,1H3,(H,27,29)(H,28,32). The number of halogens is 2. The molecule has 4 aromatic rings. The van der Waals surface area contributed by atoms with Gasteiger partial charge in [0.2, 0.25) is 5.95 Å². The molecule has 1 aliphatic rings. The Labute approximate surface area is 197 Å². The van der Waals surface area contributed by atoms with Crippen LogP contribution in [0.3, 0.4) is 0 Å². The SMILES string of the molecule is CC1=C(C(=O)Nc2ccc(F)cc2)C(c2cc([N+](=O)[O-])ccc2Cl)n2c(nc3ccccc32)N1. The van der Waals surface area contributed by atoms with Gasteiger partial charge in [-0.05, 0) is 49.4 Å². The summed E-state index contributed by atoms with van der Waals surface area (Å²) in [4.78, 5) is 29.2. The molecule has 3 aromatic carbocycles. The molecule has 1 aliphatic heterocycles. The Bertz CT molecular complexity index is 1500. The van der Waals surface area contributed by atoms with Crippen LogP contribution in [0.2, 0.25) is 5.02 Å². The third-order valence-corrected chi connectivity index (χ3v) is 6.01. The van der Waals surface area contributed by atoms with E-state index >= 15 is 0 Å². The Balaban J connectivity index is 1.71. The lowest BCUT2D eigenvalue weighted by atomic mass is 9.93. The van der Waals surface area contributed by atoms with E-state index in [2.05, 4.69) is 15.6 Å². The van der Waals surface area contributed by atoms with Gasteiger partial charge in [0.15, 0.2) is 0 Å². The number of nitro benzene ring substituents is 1. The van der Waals surface area contributed by atoms with Crippen LogP contribution in [0.4, 0.5) is 21.7 Å². The van der Waals surface area contributed by atoms with Crippen molar-refractivity contribution in [2.24, 2.45) is 0 Å². The van der Waals surface area contributed by atoms with Crippen molar-refractivity contribution in [3.63, 3.8) is 0 Å². The number of rotatable bonds is 4. The number of nitro groups is 1. The molecule has 0 spiro atoms. The van der Waals surface area contributed by atoms with Gasteiger partial charge < -0.3 is 10.6 Å². The van der Waals surface area contributed by atoms with Gasteiger partial charge >= 0.3 is 0 Å². The maximum atomic E-state index is 13.5. The first-order chi connectivity index (χ1) is 16.3. The van der Waals surface area contributed by atoms with Crippen molar-refractivity contribution in [1.29, 1.82) is 0 Å². The predicted octanol–water partition coefficient (Wildman–Crippen LogP) is 5.66. The van der Waals surface area contributed by atoms with E-state index in [-0.39, 0.29) is 10.7 Å². The number of imidazole rings is 1. The summed E-state index contributed by atoms with van der Waals surface area (Å²) in [5, 5.41) is 17.7. The number of carbonyl (C=O) groups is 1. The highest BCUT2D eigenvalue weighted by molar-refractivity contribution is 6.31. The first-order valence-electron chi connectivity index (χ1n) is 10.3. The number of hydrogen-bond acceptors (Lipinski definition) is 5. The number of nitrogens with zero attached hydrogens (tertiary/aromatic N) is 3. The predicted molar refractivity (Wildman–Crippen MR) is 127 cm³/mol. The average molecular weight is 478 g/mol. The van der Waals surface area contributed by atoms with Crippen molar-refractivity contribution in [3.05, 3.63) is 105 Å². The summed E-state index contributed by atoms with van der Waals surface area (Å²) in [6, 6.07) is 16.1. The number of carbonyl (C=O) groups excluding carboxylic acids is 1. The first kappa shape index (κ1) is 21.6. The number of nitrogens with one attached hydrogen (secondary N) is 2. The van der Waals surface area contributed by atoms with Gasteiger partial charge in [-0.1, -0.05) is 23.7 Å². The fourth-order valence-corrected chi connectivity index (χ4v) is 4.36. The van der Waals surface area contributed by atoms with Crippen LogP contribution in [-0.4, -0.2) is 20.4 Å². The number of amides is 1. The summed E-state index contributed by atoms with van der Waals surface area (Å²) >= 11 is 6.54. The maximum Gasteiger partial charge on any atom is 0.269 e. The molecule has 10 heteroatoms. The Morgan fingerprint density at radius 2 is 1.91 bits per heavy atom. The molecule has 0 fully saturated rings. The summed E-state index contributed by atoms with van der Waals surface area (Å²) in [5.41, 5.74) is 2.83. The number of anilines is 2. The van der Waals surface area contributed by atoms with Gasteiger partial charge in [0.05, 0.1) is 27.6 Å². The molecule has 34 heavy (non-hydrogen) atoms. The molecule has 1 unspecified atom stereocenters. The Morgan fingerprint density at radius 1 is 1.18 bits per heavy atom. The van der Waals surface area contributed by atoms with Crippen molar-refractivity contribution < 1.29 is 14.1 Å². The number of benzene rings is 3. The average Bonchev–Trinajstić information content (AvgIpc) is 3.17.